The predicted octanol–water partition coefficient (Wildman–Crippen LogP) is 0.331. The lowest BCUT2D eigenvalue weighted by Crippen LogP contribution is -2.22. The van der Waals surface area contributed by atoms with Crippen LogP contribution in [-0.2, 0) is 4.84 Å². The van der Waals surface area contributed by atoms with E-state index in [4.69, 9.17) is 14.7 Å². The zero-order valence-corrected chi connectivity index (χ0v) is 9.29. The van der Waals surface area contributed by atoms with Gasteiger partial charge in [-0.1, -0.05) is 12.1 Å². The first kappa shape index (κ1) is 11.4. The highest BCUT2D eigenvalue weighted by Crippen LogP contribution is 2.26. The molecule has 0 amide bonds. The fourth-order valence-corrected chi connectivity index (χ4v) is 1.53. The summed E-state index contributed by atoms with van der Waals surface area (Å²) in [5, 5.41) is 23.7. The molecule has 0 aromatic heterocycles. The number of hydroxylamine groups is 1. The van der Waals surface area contributed by atoms with Crippen LogP contribution in [0.1, 0.15) is 5.56 Å². The Kier molecular flexibility index (Phi) is 3.24. The molecular formula is C11H12N2O4. The zero-order chi connectivity index (χ0) is 12.3. The molecule has 6 nitrogen and oxygen atoms in total. The highest BCUT2D eigenvalue weighted by atomic mass is 16.7. The van der Waals surface area contributed by atoms with Crippen LogP contribution in [0.4, 0.5) is 0 Å². The van der Waals surface area contributed by atoms with Gasteiger partial charge in [-0.15, -0.1) is 0 Å². The van der Waals surface area contributed by atoms with Crippen LogP contribution in [0.5, 0.6) is 5.75 Å². The van der Waals surface area contributed by atoms with Crippen LogP contribution < -0.4 is 4.74 Å². The molecule has 1 aliphatic rings. The SMILES string of the molecule is C[N+]([O-])=C1/C(=N/OCCO)Oc2ccccc21. The number of hydrogen-bond acceptors (Lipinski definition) is 5. The number of fused-ring (bicyclic) bond motifs is 1. The van der Waals surface area contributed by atoms with E-state index in [-0.39, 0.29) is 19.1 Å². The van der Waals surface area contributed by atoms with Gasteiger partial charge >= 0.3 is 5.90 Å². The Bertz CT molecular complexity index is 478. The second kappa shape index (κ2) is 4.84. The van der Waals surface area contributed by atoms with Crippen LogP contribution in [-0.4, -0.2) is 41.7 Å². The molecule has 6 heteroatoms. The summed E-state index contributed by atoms with van der Waals surface area (Å²) < 4.78 is 6.07. The molecule has 1 N–H and O–H groups in total. The Morgan fingerprint density at radius 3 is 2.94 bits per heavy atom. The third kappa shape index (κ3) is 2.21. The fraction of sp³-hybridized carbons (Fsp3) is 0.273. The first-order valence-corrected chi connectivity index (χ1v) is 5.10. The Hall–Kier alpha value is -2.08. The second-order valence-electron chi connectivity index (χ2n) is 3.40. The van der Waals surface area contributed by atoms with Gasteiger partial charge in [0.1, 0.15) is 19.4 Å². The Morgan fingerprint density at radius 1 is 1.47 bits per heavy atom. The smallest absolute Gasteiger partial charge is 0.330 e. The van der Waals surface area contributed by atoms with E-state index in [2.05, 4.69) is 5.16 Å². The number of oxime groups is 1. The highest BCUT2D eigenvalue weighted by Gasteiger charge is 2.33. The van der Waals surface area contributed by atoms with Crippen molar-refractivity contribution >= 4 is 11.6 Å². The molecule has 17 heavy (non-hydrogen) atoms. The van der Waals surface area contributed by atoms with Crippen molar-refractivity contribution in [2.24, 2.45) is 5.16 Å². The van der Waals surface area contributed by atoms with E-state index < -0.39 is 0 Å². The number of aliphatic hydroxyl groups is 1. The molecule has 0 bridgehead atoms. The van der Waals surface area contributed by atoms with Gasteiger partial charge in [-0.3, -0.25) is 0 Å². The van der Waals surface area contributed by atoms with Crippen molar-refractivity contribution in [1.82, 2.24) is 0 Å². The molecule has 0 aliphatic carbocycles. The first-order chi connectivity index (χ1) is 8.24. The van der Waals surface area contributed by atoms with E-state index in [1.165, 1.54) is 7.05 Å². The minimum absolute atomic E-state index is 0.0546. The second-order valence-corrected chi connectivity index (χ2v) is 3.40. The number of nitrogens with zero attached hydrogens (tertiary/aromatic N) is 2. The maximum atomic E-state index is 11.5. The average Bonchev–Trinajstić information content (AvgIpc) is 2.67. The van der Waals surface area contributed by atoms with Gasteiger partial charge in [0.15, 0.2) is 0 Å². The predicted molar refractivity (Wildman–Crippen MR) is 61.2 cm³/mol. The molecule has 1 aromatic rings. The van der Waals surface area contributed by atoms with E-state index in [0.29, 0.717) is 21.8 Å². The Balaban J connectivity index is 2.35. The number of aliphatic hydroxyl groups excluding tert-OH is 1. The van der Waals surface area contributed by atoms with Crippen molar-refractivity contribution in [3.8, 4) is 5.75 Å². The maximum Gasteiger partial charge on any atom is 0.330 e. The van der Waals surface area contributed by atoms with Crippen LogP contribution in [0.25, 0.3) is 0 Å². The number of ether oxygens (including phenoxy) is 1. The van der Waals surface area contributed by atoms with Crippen LogP contribution in [0.2, 0.25) is 0 Å². The van der Waals surface area contributed by atoms with Crippen molar-refractivity contribution < 1.29 is 19.4 Å². The largest absolute Gasteiger partial charge is 0.623 e. The van der Waals surface area contributed by atoms with Crippen molar-refractivity contribution in [2.75, 3.05) is 20.3 Å². The summed E-state index contributed by atoms with van der Waals surface area (Å²) in [6.45, 7) is -0.0919. The molecule has 2 rings (SSSR count). The van der Waals surface area contributed by atoms with Crippen molar-refractivity contribution in [3.05, 3.63) is 35.0 Å². The van der Waals surface area contributed by atoms with Crippen LogP contribution in [0.15, 0.2) is 29.4 Å². The molecule has 1 aliphatic heterocycles. The molecule has 0 spiro atoms. The molecule has 1 aromatic carbocycles. The Morgan fingerprint density at radius 2 is 2.24 bits per heavy atom. The van der Waals surface area contributed by atoms with Crippen molar-refractivity contribution in [3.63, 3.8) is 0 Å². The van der Waals surface area contributed by atoms with E-state index in [1.807, 2.05) is 6.07 Å². The quantitative estimate of drug-likeness (QED) is 0.355. The van der Waals surface area contributed by atoms with E-state index in [1.54, 1.807) is 18.2 Å². The van der Waals surface area contributed by atoms with Gasteiger partial charge < -0.3 is 19.9 Å². The van der Waals surface area contributed by atoms with Gasteiger partial charge in [0.25, 0.3) is 5.71 Å². The summed E-state index contributed by atoms with van der Waals surface area (Å²) in [4.78, 5) is 4.80. The van der Waals surface area contributed by atoms with Gasteiger partial charge in [-0.25, -0.2) is 4.74 Å². The number of rotatable bonds is 3. The first-order valence-electron chi connectivity index (χ1n) is 5.10. The Labute approximate surface area is 98.0 Å². The van der Waals surface area contributed by atoms with Crippen LogP contribution in [0, 0.1) is 5.21 Å². The molecule has 0 unspecified atom stereocenters. The summed E-state index contributed by atoms with van der Waals surface area (Å²) in [5.41, 5.74) is 0.995. The molecule has 1 heterocycles. The fourth-order valence-electron chi connectivity index (χ4n) is 1.53. The van der Waals surface area contributed by atoms with E-state index in [0.717, 1.165) is 0 Å². The third-order valence-corrected chi connectivity index (χ3v) is 2.20. The summed E-state index contributed by atoms with van der Waals surface area (Å²) in [6.07, 6.45) is 0. The summed E-state index contributed by atoms with van der Waals surface area (Å²) in [6, 6.07) is 7.13. The molecule has 0 radical (unpaired) electrons. The van der Waals surface area contributed by atoms with Crippen molar-refractivity contribution in [2.45, 2.75) is 0 Å². The lowest BCUT2D eigenvalue weighted by atomic mass is 10.1. The summed E-state index contributed by atoms with van der Waals surface area (Å²) in [5.74, 6) is 0.675. The normalized spacial score (nSPS) is 18.8. The van der Waals surface area contributed by atoms with Gasteiger partial charge in [0.05, 0.1) is 12.2 Å². The van der Waals surface area contributed by atoms with Gasteiger partial charge in [-0.05, 0) is 17.3 Å². The molecule has 0 saturated heterocycles. The number of benzene rings is 1. The third-order valence-electron chi connectivity index (χ3n) is 2.20. The average molecular weight is 236 g/mol. The van der Waals surface area contributed by atoms with Gasteiger partial charge in [0.2, 0.25) is 0 Å². The molecule has 0 fully saturated rings. The maximum absolute atomic E-state index is 11.5. The zero-order valence-electron chi connectivity index (χ0n) is 9.29. The minimum atomic E-state index is -0.147. The summed E-state index contributed by atoms with van der Waals surface area (Å²) in [7, 11) is 1.36. The van der Waals surface area contributed by atoms with E-state index in [9.17, 15) is 5.21 Å². The lowest BCUT2D eigenvalue weighted by Gasteiger charge is -2.00. The topological polar surface area (TPSA) is 77.1 Å². The van der Waals surface area contributed by atoms with Crippen molar-refractivity contribution in [1.29, 1.82) is 0 Å². The molecule has 0 saturated carbocycles. The van der Waals surface area contributed by atoms with Crippen LogP contribution >= 0.6 is 0 Å². The minimum Gasteiger partial charge on any atom is -0.623 e. The summed E-state index contributed by atoms with van der Waals surface area (Å²) >= 11 is 0. The molecular weight excluding hydrogens is 224 g/mol. The molecule has 90 valence electrons. The number of para-hydroxylation sites is 1. The lowest BCUT2D eigenvalue weighted by molar-refractivity contribution is -0.420. The van der Waals surface area contributed by atoms with Gasteiger partial charge in [0, 0.05) is 0 Å². The number of hydrogen-bond donors (Lipinski definition) is 1. The molecule has 0 atom stereocenters. The highest BCUT2D eigenvalue weighted by molar-refractivity contribution is 6.46. The van der Waals surface area contributed by atoms with E-state index >= 15 is 0 Å². The standard InChI is InChI=1S/C11H12N2O4/c1-13(15)10-8-4-2-3-5-9(8)17-11(10)12-16-7-6-14/h2-5,14H,6-7H2,1H3/b12-11-,13-10?. The van der Waals surface area contributed by atoms with Crippen LogP contribution in [0.3, 0.4) is 0 Å². The monoisotopic (exact) mass is 236 g/mol. The van der Waals surface area contributed by atoms with Gasteiger partial charge in [-0.2, -0.15) is 0 Å².